The normalized spacial score (nSPS) is 10.4. The summed E-state index contributed by atoms with van der Waals surface area (Å²) in [4.78, 5) is 4.49. The molecule has 0 bridgehead atoms. The van der Waals surface area contributed by atoms with Crippen molar-refractivity contribution in [2.45, 2.75) is 0 Å². The van der Waals surface area contributed by atoms with Crippen molar-refractivity contribution in [1.29, 1.82) is 0 Å². The second-order valence-electron chi connectivity index (χ2n) is 4.29. The van der Waals surface area contributed by atoms with Gasteiger partial charge >= 0.3 is 0 Å². The van der Waals surface area contributed by atoms with Gasteiger partial charge in [0.15, 0.2) is 0 Å². The SMILES string of the molecule is Clc1cc(-c2ccccc2)cnc1-c1ccccc1. The summed E-state index contributed by atoms with van der Waals surface area (Å²) in [6.45, 7) is 0. The van der Waals surface area contributed by atoms with Crippen LogP contribution in [0.5, 0.6) is 0 Å². The number of hydrogen-bond acceptors (Lipinski definition) is 1. The third kappa shape index (κ3) is 2.51. The Morgan fingerprint density at radius 3 is 1.84 bits per heavy atom. The van der Waals surface area contributed by atoms with Gasteiger partial charge in [0.2, 0.25) is 0 Å². The lowest BCUT2D eigenvalue weighted by atomic mass is 10.1. The number of aromatic nitrogens is 1. The lowest BCUT2D eigenvalue weighted by Gasteiger charge is -2.06. The van der Waals surface area contributed by atoms with E-state index in [1.165, 1.54) is 0 Å². The van der Waals surface area contributed by atoms with E-state index in [0.717, 1.165) is 22.4 Å². The van der Waals surface area contributed by atoms with Crippen LogP contribution in [0.2, 0.25) is 5.02 Å². The van der Waals surface area contributed by atoms with Gasteiger partial charge in [0.25, 0.3) is 0 Å². The highest BCUT2D eigenvalue weighted by Crippen LogP contribution is 2.29. The largest absolute Gasteiger partial charge is 0.254 e. The van der Waals surface area contributed by atoms with E-state index in [4.69, 9.17) is 11.6 Å². The lowest BCUT2D eigenvalue weighted by Crippen LogP contribution is -1.87. The van der Waals surface area contributed by atoms with Crippen molar-refractivity contribution >= 4 is 11.6 Å². The fourth-order valence-electron chi connectivity index (χ4n) is 2.03. The molecule has 19 heavy (non-hydrogen) atoms. The van der Waals surface area contributed by atoms with E-state index in [2.05, 4.69) is 17.1 Å². The Bertz CT molecular complexity index is 678. The monoisotopic (exact) mass is 265 g/mol. The van der Waals surface area contributed by atoms with Crippen molar-refractivity contribution in [2.24, 2.45) is 0 Å². The zero-order chi connectivity index (χ0) is 13.1. The van der Waals surface area contributed by atoms with Gasteiger partial charge in [0, 0.05) is 17.3 Å². The van der Waals surface area contributed by atoms with Crippen molar-refractivity contribution in [3.05, 3.63) is 77.9 Å². The van der Waals surface area contributed by atoms with Gasteiger partial charge in [0.05, 0.1) is 10.7 Å². The van der Waals surface area contributed by atoms with E-state index in [-0.39, 0.29) is 0 Å². The van der Waals surface area contributed by atoms with Gasteiger partial charge in [-0.15, -0.1) is 0 Å². The van der Waals surface area contributed by atoms with E-state index in [1.54, 1.807) is 0 Å². The first-order valence-corrected chi connectivity index (χ1v) is 6.49. The Morgan fingerprint density at radius 2 is 1.26 bits per heavy atom. The molecular weight excluding hydrogens is 254 g/mol. The van der Waals surface area contributed by atoms with Crippen molar-refractivity contribution in [2.75, 3.05) is 0 Å². The van der Waals surface area contributed by atoms with Crippen molar-refractivity contribution in [1.82, 2.24) is 4.98 Å². The van der Waals surface area contributed by atoms with Gasteiger partial charge in [-0.1, -0.05) is 72.3 Å². The van der Waals surface area contributed by atoms with E-state index in [1.807, 2.05) is 60.8 Å². The average molecular weight is 266 g/mol. The molecule has 3 aromatic rings. The summed E-state index contributed by atoms with van der Waals surface area (Å²) in [5.41, 5.74) is 4.01. The molecule has 1 aromatic heterocycles. The molecule has 0 saturated heterocycles. The predicted octanol–water partition coefficient (Wildman–Crippen LogP) is 5.07. The van der Waals surface area contributed by atoms with Gasteiger partial charge in [-0.25, -0.2) is 0 Å². The highest BCUT2D eigenvalue weighted by Gasteiger charge is 2.06. The topological polar surface area (TPSA) is 12.9 Å². The minimum atomic E-state index is 0.674. The van der Waals surface area contributed by atoms with E-state index in [0.29, 0.717) is 5.02 Å². The molecule has 1 heterocycles. The van der Waals surface area contributed by atoms with Gasteiger partial charge in [-0.2, -0.15) is 0 Å². The van der Waals surface area contributed by atoms with Crippen LogP contribution in [0.4, 0.5) is 0 Å². The Labute approximate surface area is 117 Å². The quantitative estimate of drug-likeness (QED) is 0.630. The molecule has 0 aliphatic rings. The number of halogens is 1. The van der Waals surface area contributed by atoms with Gasteiger partial charge < -0.3 is 0 Å². The second-order valence-corrected chi connectivity index (χ2v) is 4.69. The number of pyridine rings is 1. The van der Waals surface area contributed by atoms with E-state index in [9.17, 15) is 0 Å². The fraction of sp³-hybridized carbons (Fsp3) is 0. The molecule has 3 rings (SSSR count). The molecule has 0 aliphatic carbocycles. The Morgan fingerprint density at radius 1 is 0.684 bits per heavy atom. The lowest BCUT2D eigenvalue weighted by molar-refractivity contribution is 1.32. The second kappa shape index (κ2) is 5.25. The first-order chi connectivity index (χ1) is 9.34. The first-order valence-electron chi connectivity index (χ1n) is 6.11. The molecule has 0 unspecified atom stereocenters. The summed E-state index contributed by atoms with van der Waals surface area (Å²) in [5.74, 6) is 0. The fourth-order valence-corrected chi connectivity index (χ4v) is 2.31. The summed E-state index contributed by atoms with van der Waals surface area (Å²) in [6.07, 6.45) is 1.86. The number of hydrogen-bond donors (Lipinski definition) is 0. The molecule has 92 valence electrons. The number of rotatable bonds is 2. The molecule has 0 atom stereocenters. The van der Waals surface area contributed by atoms with Crippen LogP contribution in [0.15, 0.2) is 72.9 Å². The third-order valence-electron chi connectivity index (χ3n) is 3.00. The molecule has 2 aromatic carbocycles. The van der Waals surface area contributed by atoms with Crippen molar-refractivity contribution < 1.29 is 0 Å². The minimum Gasteiger partial charge on any atom is -0.254 e. The molecular formula is C17H12ClN. The summed E-state index contributed by atoms with van der Waals surface area (Å²) >= 11 is 6.35. The molecule has 0 aliphatic heterocycles. The van der Waals surface area contributed by atoms with Crippen LogP contribution in [-0.4, -0.2) is 4.98 Å². The third-order valence-corrected chi connectivity index (χ3v) is 3.28. The minimum absolute atomic E-state index is 0.674. The van der Waals surface area contributed by atoms with Crippen LogP contribution < -0.4 is 0 Å². The van der Waals surface area contributed by atoms with E-state index >= 15 is 0 Å². The Kier molecular flexibility index (Phi) is 3.30. The Balaban J connectivity index is 2.04. The standard InChI is InChI=1S/C17H12ClN/c18-16-11-15(13-7-3-1-4-8-13)12-19-17(16)14-9-5-2-6-10-14/h1-12H. The van der Waals surface area contributed by atoms with Gasteiger partial charge in [-0.05, 0) is 11.6 Å². The van der Waals surface area contributed by atoms with E-state index < -0.39 is 0 Å². The smallest absolute Gasteiger partial charge is 0.0888 e. The van der Waals surface area contributed by atoms with Crippen LogP contribution in [0, 0.1) is 0 Å². The zero-order valence-corrected chi connectivity index (χ0v) is 11.0. The maximum Gasteiger partial charge on any atom is 0.0888 e. The van der Waals surface area contributed by atoms with Gasteiger partial charge in [-0.3, -0.25) is 4.98 Å². The summed E-state index contributed by atoms with van der Waals surface area (Å²) < 4.78 is 0. The molecule has 0 fully saturated rings. The maximum atomic E-state index is 6.35. The molecule has 0 spiro atoms. The zero-order valence-electron chi connectivity index (χ0n) is 10.3. The number of nitrogens with zero attached hydrogens (tertiary/aromatic N) is 1. The summed E-state index contributed by atoms with van der Waals surface area (Å²) in [7, 11) is 0. The Hall–Kier alpha value is -2.12. The van der Waals surface area contributed by atoms with Crippen LogP contribution in [0.25, 0.3) is 22.4 Å². The van der Waals surface area contributed by atoms with Crippen LogP contribution >= 0.6 is 11.6 Å². The van der Waals surface area contributed by atoms with Gasteiger partial charge in [0.1, 0.15) is 0 Å². The molecule has 1 nitrogen and oxygen atoms in total. The maximum absolute atomic E-state index is 6.35. The van der Waals surface area contributed by atoms with Crippen LogP contribution in [-0.2, 0) is 0 Å². The van der Waals surface area contributed by atoms with Crippen LogP contribution in [0.1, 0.15) is 0 Å². The highest BCUT2D eigenvalue weighted by atomic mass is 35.5. The molecule has 0 saturated carbocycles. The van der Waals surface area contributed by atoms with Crippen molar-refractivity contribution in [3.8, 4) is 22.4 Å². The predicted molar refractivity (Wildman–Crippen MR) is 80.1 cm³/mol. The summed E-state index contributed by atoms with van der Waals surface area (Å²) in [5, 5.41) is 0.674. The molecule has 0 radical (unpaired) electrons. The number of benzene rings is 2. The van der Waals surface area contributed by atoms with Crippen LogP contribution in [0.3, 0.4) is 0 Å². The van der Waals surface area contributed by atoms with Crippen molar-refractivity contribution in [3.63, 3.8) is 0 Å². The molecule has 2 heteroatoms. The summed E-state index contributed by atoms with van der Waals surface area (Å²) in [6, 6.07) is 22.1. The highest BCUT2D eigenvalue weighted by molar-refractivity contribution is 6.33. The molecule has 0 amide bonds. The average Bonchev–Trinajstić information content (AvgIpc) is 2.49. The first kappa shape index (κ1) is 11.9. The molecule has 0 N–H and O–H groups in total.